The second-order valence-electron chi connectivity index (χ2n) is 6.98. The van der Waals surface area contributed by atoms with Gasteiger partial charge in [-0.05, 0) is 17.7 Å². The molecular formula is C20H22N2OS. The second-order valence-corrected chi connectivity index (χ2v) is 7.93. The third kappa shape index (κ3) is 3.82. The van der Waals surface area contributed by atoms with E-state index in [0.29, 0.717) is 13.0 Å². The molecule has 0 unspecified atom stereocenters. The highest BCUT2D eigenvalue weighted by Gasteiger charge is 2.19. The maximum Gasteiger partial charge on any atom is 0.186 e. The molecule has 0 spiro atoms. The lowest BCUT2D eigenvalue weighted by molar-refractivity contribution is 0.0984. The molecule has 0 fully saturated rings. The number of hydrogen-bond donors (Lipinski definition) is 0. The van der Waals surface area contributed by atoms with E-state index in [1.165, 1.54) is 5.56 Å². The fourth-order valence-electron chi connectivity index (χ4n) is 2.55. The average molecular weight is 338 g/mol. The van der Waals surface area contributed by atoms with Crippen LogP contribution in [0.3, 0.4) is 0 Å². The highest BCUT2D eigenvalue weighted by Crippen LogP contribution is 2.24. The molecule has 0 bridgehead atoms. The molecule has 2 heterocycles. The summed E-state index contributed by atoms with van der Waals surface area (Å²) >= 11 is 1.57. The molecule has 3 rings (SSSR count). The van der Waals surface area contributed by atoms with E-state index >= 15 is 0 Å². The number of nitrogens with zero attached hydrogens (tertiary/aromatic N) is 2. The van der Waals surface area contributed by atoms with Gasteiger partial charge in [-0.3, -0.25) is 4.79 Å². The van der Waals surface area contributed by atoms with Crippen molar-refractivity contribution in [1.82, 2.24) is 9.55 Å². The molecule has 0 saturated heterocycles. The molecule has 0 radical (unpaired) electrons. The molecular weight excluding hydrogens is 316 g/mol. The summed E-state index contributed by atoms with van der Waals surface area (Å²) in [6, 6.07) is 14.0. The van der Waals surface area contributed by atoms with E-state index in [1.54, 1.807) is 11.3 Å². The van der Waals surface area contributed by atoms with Crippen LogP contribution in [0.25, 0.3) is 0 Å². The van der Waals surface area contributed by atoms with Crippen molar-refractivity contribution in [3.63, 3.8) is 0 Å². The lowest BCUT2D eigenvalue weighted by Gasteiger charge is -2.14. The van der Waals surface area contributed by atoms with Crippen LogP contribution in [0.15, 0.2) is 54.0 Å². The summed E-state index contributed by atoms with van der Waals surface area (Å²) in [5.41, 5.74) is 3.00. The molecule has 24 heavy (non-hydrogen) atoms. The van der Waals surface area contributed by atoms with Crippen LogP contribution in [0.2, 0.25) is 0 Å². The monoisotopic (exact) mass is 338 g/mol. The van der Waals surface area contributed by atoms with Crippen molar-refractivity contribution in [1.29, 1.82) is 0 Å². The predicted molar refractivity (Wildman–Crippen MR) is 98.8 cm³/mol. The van der Waals surface area contributed by atoms with Gasteiger partial charge in [0, 0.05) is 23.5 Å². The largest absolute Gasteiger partial charge is 0.341 e. The minimum atomic E-state index is 0.0192. The van der Waals surface area contributed by atoms with Crippen LogP contribution in [-0.2, 0) is 18.4 Å². The summed E-state index contributed by atoms with van der Waals surface area (Å²) < 4.78 is 2.01. The SMILES string of the molecule is CC(C)(C)c1csc(CC(=O)c2cccn2Cc2ccccc2)n1. The summed E-state index contributed by atoms with van der Waals surface area (Å²) in [7, 11) is 0. The van der Waals surface area contributed by atoms with Crippen molar-refractivity contribution in [3.8, 4) is 0 Å². The van der Waals surface area contributed by atoms with Crippen LogP contribution in [0.4, 0.5) is 0 Å². The van der Waals surface area contributed by atoms with Crippen LogP contribution in [0.5, 0.6) is 0 Å². The van der Waals surface area contributed by atoms with Gasteiger partial charge in [0.1, 0.15) is 5.01 Å². The van der Waals surface area contributed by atoms with E-state index in [0.717, 1.165) is 16.4 Å². The van der Waals surface area contributed by atoms with Gasteiger partial charge >= 0.3 is 0 Å². The third-order valence-corrected chi connectivity index (χ3v) is 4.79. The van der Waals surface area contributed by atoms with Gasteiger partial charge in [0.15, 0.2) is 5.78 Å². The number of carbonyl (C=O) groups is 1. The molecule has 1 aromatic carbocycles. The Labute approximate surface area is 147 Å². The standard InChI is InChI=1S/C20H22N2OS/c1-20(2,3)18-14-24-19(21-18)12-17(23)16-10-7-11-22(16)13-15-8-5-4-6-9-15/h4-11,14H,12-13H2,1-3H3. The smallest absolute Gasteiger partial charge is 0.186 e. The summed E-state index contributed by atoms with van der Waals surface area (Å²) in [5, 5.41) is 2.95. The quantitative estimate of drug-likeness (QED) is 0.631. The molecule has 124 valence electrons. The molecule has 4 heteroatoms. The molecule has 3 nitrogen and oxygen atoms in total. The Bertz CT molecular complexity index is 825. The van der Waals surface area contributed by atoms with E-state index < -0.39 is 0 Å². The number of hydrogen-bond acceptors (Lipinski definition) is 3. The van der Waals surface area contributed by atoms with Crippen LogP contribution >= 0.6 is 11.3 Å². The molecule has 0 saturated carbocycles. The Morgan fingerprint density at radius 1 is 1.12 bits per heavy atom. The van der Waals surface area contributed by atoms with Crippen LogP contribution in [0, 0.1) is 0 Å². The zero-order valence-corrected chi connectivity index (χ0v) is 15.1. The number of Topliss-reactive ketones (excluding diaryl/α,β-unsaturated/α-hetero) is 1. The normalized spacial score (nSPS) is 11.6. The number of rotatable bonds is 5. The van der Waals surface area contributed by atoms with Gasteiger partial charge in [0.25, 0.3) is 0 Å². The van der Waals surface area contributed by atoms with E-state index in [4.69, 9.17) is 0 Å². The predicted octanol–water partition coefficient (Wildman–Crippen LogP) is 4.72. The van der Waals surface area contributed by atoms with Gasteiger partial charge in [-0.1, -0.05) is 51.1 Å². The Kier molecular flexibility index (Phi) is 4.67. The van der Waals surface area contributed by atoms with Gasteiger partial charge in [0.2, 0.25) is 0 Å². The fraction of sp³-hybridized carbons (Fsp3) is 0.300. The van der Waals surface area contributed by atoms with Crippen molar-refractivity contribution in [3.05, 3.63) is 76.0 Å². The first-order valence-electron chi connectivity index (χ1n) is 8.10. The van der Waals surface area contributed by atoms with Crippen LogP contribution in [-0.4, -0.2) is 15.3 Å². The number of ketones is 1. The molecule has 3 aromatic rings. The molecule has 2 aromatic heterocycles. The zero-order chi connectivity index (χ0) is 17.2. The van der Waals surface area contributed by atoms with Crippen molar-refractivity contribution in [2.24, 2.45) is 0 Å². The van der Waals surface area contributed by atoms with Gasteiger partial charge in [0.05, 0.1) is 17.8 Å². The number of thiazole rings is 1. The minimum Gasteiger partial charge on any atom is -0.341 e. The fourth-order valence-corrected chi connectivity index (χ4v) is 3.57. The van der Waals surface area contributed by atoms with Crippen LogP contribution in [0.1, 0.15) is 47.5 Å². The molecule has 0 N–H and O–H groups in total. The van der Waals surface area contributed by atoms with Gasteiger partial charge in [-0.15, -0.1) is 11.3 Å². The maximum absolute atomic E-state index is 12.7. The van der Waals surface area contributed by atoms with Crippen LogP contribution < -0.4 is 0 Å². The number of aromatic nitrogens is 2. The Morgan fingerprint density at radius 2 is 1.88 bits per heavy atom. The van der Waals surface area contributed by atoms with Gasteiger partial charge in [-0.25, -0.2) is 4.98 Å². The highest BCUT2D eigenvalue weighted by atomic mass is 32.1. The molecule has 0 aliphatic carbocycles. The Balaban J connectivity index is 1.74. The summed E-state index contributed by atoms with van der Waals surface area (Å²) in [4.78, 5) is 17.3. The van der Waals surface area contributed by atoms with E-state index in [2.05, 4.69) is 43.3 Å². The average Bonchev–Trinajstić information content (AvgIpc) is 3.17. The number of benzene rings is 1. The van der Waals surface area contributed by atoms with E-state index in [-0.39, 0.29) is 11.2 Å². The molecule has 0 atom stereocenters. The Morgan fingerprint density at radius 3 is 2.54 bits per heavy atom. The first-order chi connectivity index (χ1) is 11.4. The second kappa shape index (κ2) is 6.73. The van der Waals surface area contributed by atoms with Gasteiger partial charge in [-0.2, -0.15) is 0 Å². The zero-order valence-electron chi connectivity index (χ0n) is 14.3. The lowest BCUT2D eigenvalue weighted by Crippen LogP contribution is -2.13. The maximum atomic E-state index is 12.7. The van der Waals surface area contributed by atoms with Gasteiger partial charge < -0.3 is 4.57 Å². The van der Waals surface area contributed by atoms with E-state index in [9.17, 15) is 4.79 Å². The van der Waals surface area contributed by atoms with Crippen molar-refractivity contribution in [2.45, 2.75) is 39.2 Å². The van der Waals surface area contributed by atoms with E-state index in [1.807, 2.05) is 41.1 Å². The minimum absolute atomic E-state index is 0.0192. The van der Waals surface area contributed by atoms with Crippen molar-refractivity contribution >= 4 is 17.1 Å². The summed E-state index contributed by atoms with van der Waals surface area (Å²) in [6.45, 7) is 7.12. The summed E-state index contributed by atoms with van der Waals surface area (Å²) in [5.74, 6) is 0.116. The highest BCUT2D eigenvalue weighted by molar-refractivity contribution is 7.09. The van der Waals surface area contributed by atoms with Crippen molar-refractivity contribution in [2.75, 3.05) is 0 Å². The molecule has 0 amide bonds. The Hall–Kier alpha value is -2.20. The topological polar surface area (TPSA) is 34.9 Å². The first kappa shape index (κ1) is 16.7. The third-order valence-electron chi connectivity index (χ3n) is 3.94. The number of carbonyl (C=O) groups excluding carboxylic acids is 1. The molecule has 0 aliphatic rings. The molecule has 0 aliphatic heterocycles. The first-order valence-corrected chi connectivity index (χ1v) is 8.98. The summed E-state index contributed by atoms with van der Waals surface area (Å²) in [6.07, 6.45) is 2.32. The van der Waals surface area contributed by atoms with Crippen molar-refractivity contribution < 1.29 is 4.79 Å². The lowest BCUT2D eigenvalue weighted by atomic mass is 9.93.